The molecule has 1 aliphatic carbocycles. The summed E-state index contributed by atoms with van der Waals surface area (Å²) in [7, 11) is -1.45. The molecule has 0 bridgehead atoms. The third-order valence-electron chi connectivity index (χ3n) is 5.86. The number of hydrogen-bond acceptors (Lipinski definition) is 4. The number of benzene rings is 3. The molecule has 1 unspecified atom stereocenters. The zero-order valence-electron chi connectivity index (χ0n) is 18.0. The Balaban J connectivity index is 1.37. The number of ether oxygens (including phenoxy) is 2. The Morgan fingerprint density at radius 3 is 2.58 bits per heavy atom. The van der Waals surface area contributed by atoms with Crippen LogP contribution in [0.15, 0.2) is 66.1 Å². The Kier molecular flexibility index (Phi) is 5.96. The van der Waals surface area contributed by atoms with Gasteiger partial charge in [0.1, 0.15) is 28.6 Å². The number of rotatable bonds is 6. The minimum Gasteiger partial charge on any atom is -0.492 e. The molecule has 3 aromatic carbocycles. The van der Waals surface area contributed by atoms with Crippen LogP contribution in [0.1, 0.15) is 36.1 Å². The molecule has 0 saturated carbocycles. The Bertz CT molecular complexity index is 1290. The minimum atomic E-state index is -1.45. The van der Waals surface area contributed by atoms with E-state index in [1.165, 1.54) is 16.5 Å². The molecule has 0 aromatic heterocycles. The van der Waals surface area contributed by atoms with Crippen molar-refractivity contribution in [3.05, 3.63) is 87.8 Å². The summed E-state index contributed by atoms with van der Waals surface area (Å²) in [6.45, 7) is 2.51. The van der Waals surface area contributed by atoms with Crippen molar-refractivity contribution in [3.8, 4) is 22.6 Å². The van der Waals surface area contributed by atoms with Gasteiger partial charge in [-0.25, -0.2) is 4.21 Å². The second-order valence-corrected chi connectivity index (χ2v) is 9.32. The highest BCUT2D eigenvalue weighted by Crippen LogP contribution is 2.41. The van der Waals surface area contributed by atoms with Gasteiger partial charge in [-0.05, 0) is 71.8 Å². The number of carbonyl (C=O) groups excluding carboxylic acids is 1. The van der Waals surface area contributed by atoms with E-state index in [9.17, 15) is 9.00 Å². The molecule has 168 valence electrons. The van der Waals surface area contributed by atoms with Crippen molar-refractivity contribution >= 4 is 34.1 Å². The number of amides is 1. The molecular formula is C26H22ClNO4S. The molecule has 1 amide bonds. The average molecular weight is 480 g/mol. The van der Waals surface area contributed by atoms with E-state index in [0.717, 1.165) is 29.7 Å². The zero-order chi connectivity index (χ0) is 22.9. The molecule has 1 heterocycles. The lowest BCUT2D eigenvalue weighted by atomic mass is 9.96. The number of halogens is 1. The van der Waals surface area contributed by atoms with Crippen LogP contribution in [0, 0.1) is 0 Å². The maximum Gasteiger partial charge on any atom is 0.264 e. The van der Waals surface area contributed by atoms with Gasteiger partial charge in [-0.3, -0.25) is 9.52 Å². The number of nitrogens with one attached hydrogen (secondary N) is 1. The summed E-state index contributed by atoms with van der Waals surface area (Å²) >= 11 is 6.43. The molecule has 0 radical (unpaired) electrons. The Labute approximate surface area is 200 Å². The van der Waals surface area contributed by atoms with Gasteiger partial charge in [0.15, 0.2) is 0 Å². The number of hydrogen-bond donors (Lipinski definition) is 1. The standard InChI is InChI=1S/C26H22ClNO4S/c1-2-31-25-12-8-17(14-23(25)27)19-4-3-5-21-20(19)11-13-24(21)32-18-9-6-16(7-10-18)22-15-33(30)28-26(22)29/h3-10,12,14-15,24H,2,11,13H2,1H3,(H,28,29)/t24-,33?/m1/s1. The third-order valence-corrected chi connectivity index (χ3v) is 7.00. The molecule has 0 saturated heterocycles. The number of carbonyl (C=O) groups is 1. The molecule has 3 aromatic rings. The molecule has 33 heavy (non-hydrogen) atoms. The van der Waals surface area contributed by atoms with E-state index in [0.29, 0.717) is 28.5 Å². The largest absolute Gasteiger partial charge is 0.492 e. The van der Waals surface area contributed by atoms with Gasteiger partial charge < -0.3 is 9.47 Å². The second kappa shape index (κ2) is 9.04. The van der Waals surface area contributed by atoms with Crippen molar-refractivity contribution < 1.29 is 18.5 Å². The van der Waals surface area contributed by atoms with Gasteiger partial charge in [-0.2, -0.15) is 0 Å². The fraction of sp³-hybridized carbons (Fsp3) is 0.192. The van der Waals surface area contributed by atoms with Crippen LogP contribution in [0.2, 0.25) is 5.02 Å². The van der Waals surface area contributed by atoms with E-state index in [-0.39, 0.29) is 12.0 Å². The van der Waals surface area contributed by atoms with E-state index in [1.54, 1.807) is 0 Å². The molecule has 1 aliphatic heterocycles. The van der Waals surface area contributed by atoms with Crippen molar-refractivity contribution in [2.24, 2.45) is 0 Å². The van der Waals surface area contributed by atoms with Crippen molar-refractivity contribution in [2.45, 2.75) is 25.9 Å². The molecule has 0 spiro atoms. The molecule has 1 N–H and O–H groups in total. The third kappa shape index (κ3) is 4.28. The second-order valence-electron chi connectivity index (χ2n) is 7.88. The van der Waals surface area contributed by atoms with Gasteiger partial charge in [-0.15, -0.1) is 0 Å². The Morgan fingerprint density at radius 1 is 1.09 bits per heavy atom. The van der Waals surface area contributed by atoms with Crippen LogP contribution in [-0.2, 0) is 22.2 Å². The summed E-state index contributed by atoms with van der Waals surface area (Å²) in [4.78, 5) is 11.9. The highest BCUT2D eigenvalue weighted by Gasteiger charge is 2.27. The zero-order valence-corrected chi connectivity index (χ0v) is 19.5. The van der Waals surface area contributed by atoms with Crippen molar-refractivity contribution in [2.75, 3.05) is 6.61 Å². The molecule has 2 aliphatic rings. The lowest BCUT2D eigenvalue weighted by Gasteiger charge is -2.16. The topological polar surface area (TPSA) is 64.6 Å². The molecular weight excluding hydrogens is 458 g/mol. The minimum absolute atomic E-state index is 0.0505. The molecule has 7 heteroatoms. The van der Waals surface area contributed by atoms with Crippen LogP contribution in [0.3, 0.4) is 0 Å². The fourth-order valence-corrected chi connectivity index (χ4v) is 5.41. The average Bonchev–Trinajstić information content (AvgIpc) is 3.38. The Morgan fingerprint density at radius 2 is 1.88 bits per heavy atom. The van der Waals surface area contributed by atoms with E-state index >= 15 is 0 Å². The highest BCUT2D eigenvalue weighted by atomic mass is 35.5. The van der Waals surface area contributed by atoms with Crippen molar-refractivity contribution in [1.29, 1.82) is 0 Å². The smallest absolute Gasteiger partial charge is 0.264 e. The van der Waals surface area contributed by atoms with Crippen LogP contribution < -0.4 is 14.2 Å². The monoisotopic (exact) mass is 479 g/mol. The van der Waals surface area contributed by atoms with Gasteiger partial charge in [0.2, 0.25) is 0 Å². The van der Waals surface area contributed by atoms with Gasteiger partial charge >= 0.3 is 0 Å². The van der Waals surface area contributed by atoms with Crippen molar-refractivity contribution in [1.82, 2.24) is 4.72 Å². The summed E-state index contributed by atoms with van der Waals surface area (Å²) in [5.74, 6) is 1.09. The summed E-state index contributed by atoms with van der Waals surface area (Å²) in [6, 6.07) is 19.5. The number of fused-ring (bicyclic) bond motifs is 1. The van der Waals surface area contributed by atoms with Gasteiger partial charge in [0.05, 0.1) is 17.2 Å². The maximum absolute atomic E-state index is 11.9. The SMILES string of the molecule is CCOc1ccc(-c2cccc3c2CC[C@H]3Oc2ccc(C3=CS(=O)NC3=O)cc2)cc1Cl. The molecule has 0 fully saturated rings. The first-order valence-electron chi connectivity index (χ1n) is 10.8. The van der Waals surface area contributed by atoms with Gasteiger partial charge in [0.25, 0.3) is 5.91 Å². The molecule has 2 atom stereocenters. The first-order chi connectivity index (χ1) is 16.0. The van der Waals surface area contributed by atoms with Crippen LogP contribution in [0.25, 0.3) is 16.7 Å². The quantitative estimate of drug-likeness (QED) is 0.499. The van der Waals surface area contributed by atoms with Gasteiger partial charge in [0, 0.05) is 5.41 Å². The Hall–Kier alpha value is -3.09. The summed E-state index contributed by atoms with van der Waals surface area (Å²) in [5.41, 5.74) is 5.80. The van der Waals surface area contributed by atoms with E-state index < -0.39 is 11.0 Å². The van der Waals surface area contributed by atoms with Crippen molar-refractivity contribution in [3.63, 3.8) is 0 Å². The maximum atomic E-state index is 11.9. The van der Waals surface area contributed by atoms with E-state index in [4.69, 9.17) is 21.1 Å². The molecule has 5 nitrogen and oxygen atoms in total. The normalized spacial score (nSPS) is 19.1. The van der Waals surface area contributed by atoms with Gasteiger partial charge in [-0.1, -0.05) is 48.0 Å². The van der Waals surface area contributed by atoms with E-state index in [2.05, 4.69) is 22.9 Å². The summed E-state index contributed by atoms with van der Waals surface area (Å²) < 4.78 is 25.8. The highest BCUT2D eigenvalue weighted by molar-refractivity contribution is 7.87. The summed E-state index contributed by atoms with van der Waals surface area (Å²) in [5, 5.41) is 2.04. The lowest BCUT2D eigenvalue weighted by molar-refractivity contribution is -0.113. The molecule has 5 rings (SSSR count). The first-order valence-corrected chi connectivity index (χ1v) is 12.4. The van der Waals surface area contributed by atoms with E-state index in [1.807, 2.05) is 49.4 Å². The van der Waals surface area contributed by atoms with Crippen LogP contribution in [0.4, 0.5) is 0 Å². The predicted octanol–water partition coefficient (Wildman–Crippen LogP) is 5.61. The predicted molar refractivity (Wildman–Crippen MR) is 130 cm³/mol. The van der Waals surface area contributed by atoms with Crippen LogP contribution in [0.5, 0.6) is 11.5 Å². The summed E-state index contributed by atoms with van der Waals surface area (Å²) in [6.07, 6.45) is 1.74. The van der Waals surface area contributed by atoms with Crippen LogP contribution >= 0.6 is 11.6 Å². The fourth-order valence-electron chi connectivity index (χ4n) is 4.36. The lowest BCUT2D eigenvalue weighted by Crippen LogP contribution is -2.17. The first kappa shape index (κ1) is 21.7. The van der Waals surface area contributed by atoms with Crippen LogP contribution in [-0.4, -0.2) is 16.7 Å².